The van der Waals surface area contributed by atoms with Crippen LogP contribution in [-0.2, 0) is 21.6 Å². The van der Waals surface area contributed by atoms with Crippen molar-refractivity contribution < 1.29 is 14.3 Å². The normalized spacial score (nSPS) is 19.0. The summed E-state index contributed by atoms with van der Waals surface area (Å²) in [7, 11) is 0. The number of ether oxygens (including phenoxy) is 1. The molecule has 35 heavy (non-hydrogen) atoms. The molecule has 7 heteroatoms. The Morgan fingerprint density at radius 2 is 1.71 bits per heavy atom. The second kappa shape index (κ2) is 9.72. The summed E-state index contributed by atoms with van der Waals surface area (Å²) in [6.45, 7) is 1.45. The van der Waals surface area contributed by atoms with Gasteiger partial charge in [-0.25, -0.2) is 4.99 Å². The van der Waals surface area contributed by atoms with Crippen molar-refractivity contribution in [2.45, 2.75) is 31.0 Å². The predicted octanol–water partition coefficient (Wildman–Crippen LogP) is 3.20. The van der Waals surface area contributed by atoms with Crippen LogP contribution in [0.2, 0.25) is 0 Å². The van der Waals surface area contributed by atoms with E-state index in [1.807, 2.05) is 72.8 Å². The van der Waals surface area contributed by atoms with Crippen molar-refractivity contribution in [3.8, 4) is 0 Å². The molecule has 178 valence electrons. The van der Waals surface area contributed by atoms with Crippen LogP contribution in [0.1, 0.15) is 39.9 Å². The van der Waals surface area contributed by atoms with E-state index in [0.717, 1.165) is 36.1 Å². The summed E-state index contributed by atoms with van der Waals surface area (Å²) in [6, 6.07) is 26.2. The van der Waals surface area contributed by atoms with Crippen molar-refractivity contribution >= 4 is 17.8 Å². The molecule has 0 saturated carbocycles. The van der Waals surface area contributed by atoms with Crippen LogP contribution in [0, 0.1) is 0 Å². The van der Waals surface area contributed by atoms with Gasteiger partial charge >= 0.3 is 0 Å². The number of hydrogen-bond acceptors (Lipinski definition) is 5. The van der Waals surface area contributed by atoms with Crippen LogP contribution in [0.3, 0.4) is 0 Å². The van der Waals surface area contributed by atoms with E-state index in [2.05, 4.69) is 5.32 Å². The van der Waals surface area contributed by atoms with Crippen LogP contribution in [0.15, 0.2) is 89.9 Å². The number of nitrogens with one attached hydrogen (secondary N) is 1. The lowest BCUT2D eigenvalue weighted by atomic mass is 9.83. The first kappa shape index (κ1) is 22.8. The number of amides is 2. The van der Waals surface area contributed by atoms with E-state index in [0.29, 0.717) is 12.1 Å². The average Bonchev–Trinajstić information content (AvgIpc) is 3.51. The van der Waals surface area contributed by atoms with Crippen molar-refractivity contribution in [2.75, 3.05) is 13.2 Å². The lowest BCUT2D eigenvalue weighted by Gasteiger charge is -2.27. The summed E-state index contributed by atoms with van der Waals surface area (Å²) in [6.07, 6.45) is 2.06. The van der Waals surface area contributed by atoms with E-state index in [1.165, 1.54) is 4.90 Å². The van der Waals surface area contributed by atoms with Gasteiger partial charge < -0.3 is 15.8 Å². The highest BCUT2D eigenvalue weighted by molar-refractivity contribution is 6.09. The van der Waals surface area contributed by atoms with Crippen molar-refractivity contribution in [1.29, 1.82) is 0 Å². The van der Waals surface area contributed by atoms with Crippen LogP contribution >= 0.6 is 0 Å². The molecule has 0 bridgehead atoms. The molecule has 0 spiro atoms. The Morgan fingerprint density at radius 3 is 2.34 bits per heavy atom. The molecule has 3 aromatic carbocycles. The standard InChI is InChI=1S/C28H28N4O3/c29-27-31-28(22-11-3-1-4-12-22,23-13-5-2-6-14-23)26(34)32(27)19-20-9-7-10-21(17-20)25(33)30-18-24-15-8-16-35-24/h1-7,9-14,17,24H,8,15-16,18-19H2,(H2,29,31)(H,30,33). The van der Waals surface area contributed by atoms with Gasteiger partial charge in [-0.3, -0.25) is 14.5 Å². The van der Waals surface area contributed by atoms with Crippen LogP contribution in [-0.4, -0.2) is 41.9 Å². The molecular weight excluding hydrogens is 440 g/mol. The number of nitrogens with two attached hydrogens (primary N) is 1. The summed E-state index contributed by atoms with van der Waals surface area (Å²) >= 11 is 0. The molecule has 1 unspecified atom stereocenters. The molecule has 3 aromatic rings. The van der Waals surface area contributed by atoms with E-state index in [-0.39, 0.29) is 30.4 Å². The fourth-order valence-electron chi connectivity index (χ4n) is 4.74. The van der Waals surface area contributed by atoms with Crippen LogP contribution in [0.25, 0.3) is 0 Å². The summed E-state index contributed by atoms with van der Waals surface area (Å²) in [5.41, 5.74) is 7.92. The number of guanidine groups is 1. The first-order valence-electron chi connectivity index (χ1n) is 11.8. The summed E-state index contributed by atoms with van der Waals surface area (Å²) in [4.78, 5) is 32.9. The summed E-state index contributed by atoms with van der Waals surface area (Å²) in [5.74, 6) is -0.240. The van der Waals surface area contributed by atoms with Gasteiger partial charge in [-0.1, -0.05) is 72.8 Å². The number of hydrogen-bond donors (Lipinski definition) is 2. The van der Waals surface area contributed by atoms with Gasteiger partial charge in [0.25, 0.3) is 11.8 Å². The smallest absolute Gasteiger partial charge is 0.266 e. The fraction of sp³-hybridized carbons (Fsp3) is 0.250. The molecule has 2 aliphatic heterocycles. The molecule has 7 nitrogen and oxygen atoms in total. The zero-order chi connectivity index (χ0) is 24.3. The summed E-state index contributed by atoms with van der Waals surface area (Å²) < 4.78 is 5.58. The van der Waals surface area contributed by atoms with E-state index < -0.39 is 5.54 Å². The van der Waals surface area contributed by atoms with Crippen LogP contribution < -0.4 is 11.1 Å². The molecule has 2 aliphatic rings. The molecule has 5 rings (SSSR count). The van der Waals surface area contributed by atoms with E-state index in [1.54, 1.807) is 12.1 Å². The van der Waals surface area contributed by atoms with Crippen molar-refractivity contribution in [3.05, 3.63) is 107 Å². The molecule has 2 heterocycles. The summed E-state index contributed by atoms with van der Waals surface area (Å²) in [5, 5.41) is 2.94. The molecule has 1 atom stereocenters. The Bertz CT molecular complexity index is 1200. The monoisotopic (exact) mass is 468 g/mol. The molecule has 1 saturated heterocycles. The molecule has 3 N–H and O–H groups in total. The molecule has 1 fully saturated rings. The first-order chi connectivity index (χ1) is 17.1. The first-order valence-corrected chi connectivity index (χ1v) is 11.8. The maximum absolute atomic E-state index is 13.9. The number of aliphatic imine (C=N–C) groups is 1. The van der Waals surface area contributed by atoms with Crippen molar-refractivity contribution in [3.63, 3.8) is 0 Å². The average molecular weight is 469 g/mol. The SMILES string of the molecule is NC1=NC(c2ccccc2)(c2ccccc2)C(=O)N1Cc1cccc(C(=O)NCC2CCCO2)c1. The lowest BCUT2D eigenvalue weighted by Crippen LogP contribution is -2.43. The van der Waals surface area contributed by atoms with E-state index in [4.69, 9.17) is 15.5 Å². The third kappa shape index (κ3) is 4.42. The van der Waals surface area contributed by atoms with Gasteiger partial charge in [0, 0.05) is 18.7 Å². The Balaban J connectivity index is 1.39. The molecule has 0 aromatic heterocycles. The zero-order valence-electron chi connectivity index (χ0n) is 19.4. The van der Waals surface area contributed by atoms with Crippen molar-refractivity contribution in [2.24, 2.45) is 10.7 Å². The van der Waals surface area contributed by atoms with Gasteiger partial charge in [0.15, 0.2) is 11.5 Å². The Morgan fingerprint density at radius 1 is 1.03 bits per heavy atom. The number of carbonyl (C=O) groups excluding carboxylic acids is 2. The Hall–Kier alpha value is -3.97. The maximum atomic E-state index is 13.9. The lowest BCUT2D eigenvalue weighted by molar-refractivity contribution is -0.130. The maximum Gasteiger partial charge on any atom is 0.266 e. The second-order valence-electron chi connectivity index (χ2n) is 8.85. The number of benzene rings is 3. The highest BCUT2D eigenvalue weighted by Gasteiger charge is 2.50. The third-order valence-corrected chi connectivity index (χ3v) is 6.54. The quantitative estimate of drug-likeness (QED) is 0.557. The van der Waals surface area contributed by atoms with E-state index >= 15 is 0 Å². The van der Waals surface area contributed by atoms with Crippen LogP contribution in [0.5, 0.6) is 0 Å². The number of carbonyl (C=O) groups is 2. The Kier molecular flexibility index (Phi) is 6.33. The van der Waals surface area contributed by atoms with Gasteiger partial charge in [0.1, 0.15) is 0 Å². The third-order valence-electron chi connectivity index (χ3n) is 6.54. The molecule has 0 aliphatic carbocycles. The minimum Gasteiger partial charge on any atom is -0.376 e. The highest BCUT2D eigenvalue weighted by Crippen LogP contribution is 2.39. The number of nitrogens with zero attached hydrogens (tertiary/aromatic N) is 2. The topological polar surface area (TPSA) is 97.0 Å². The zero-order valence-corrected chi connectivity index (χ0v) is 19.4. The van der Waals surface area contributed by atoms with Gasteiger partial charge in [-0.05, 0) is 41.7 Å². The predicted molar refractivity (Wildman–Crippen MR) is 134 cm³/mol. The molecule has 0 radical (unpaired) electrons. The van der Waals surface area contributed by atoms with Gasteiger partial charge in [-0.15, -0.1) is 0 Å². The minimum absolute atomic E-state index is 0.0736. The van der Waals surface area contributed by atoms with Gasteiger partial charge in [0.2, 0.25) is 0 Å². The Labute approximate surface area is 204 Å². The van der Waals surface area contributed by atoms with Crippen LogP contribution in [0.4, 0.5) is 0 Å². The minimum atomic E-state index is -1.25. The second-order valence-corrected chi connectivity index (χ2v) is 8.85. The van der Waals surface area contributed by atoms with Crippen molar-refractivity contribution in [1.82, 2.24) is 10.2 Å². The van der Waals surface area contributed by atoms with Gasteiger partial charge in [0.05, 0.1) is 12.6 Å². The fourth-order valence-corrected chi connectivity index (χ4v) is 4.74. The van der Waals surface area contributed by atoms with Gasteiger partial charge in [-0.2, -0.15) is 0 Å². The molecular formula is C28H28N4O3. The van der Waals surface area contributed by atoms with E-state index in [9.17, 15) is 9.59 Å². The number of rotatable bonds is 7. The largest absolute Gasteiger partial charge is 0.376 e. The molecule has 2 amide bonds. The highest BCUT2D eigenvalue weighted by atomic mass is 16.5.